The molecule has 0 heterocycles. The minimum Gasteiger partial charge on any atom is -0.329 e. The molecule has 2 N–H and O–H groups in total. The molecule has 2 aliphatic carbocycles. The van der Waals surface area contributed by atoms with Crippen molar-refractivity contribution in [1.29, 1.82) is 0 Å². The molecule has 0 aliphatic heterocycles. The van der Waals surface area contributed by atoms with Crippen LogP contribution in [0, 0.1) is 5.92 Å². The summed E-state index contributed by atoms with van der Waals surface area (Å²) in [5.41, 5.74) is 6.39. The standard InChI is InChI=1S/C15H30N2/c1-17(15(13-16)10-5-6-11-15)12-9-14-7-3-2-4-8-14/h14H,2-13,16H2,1H3. The Balaban J connectivity index is 1.77. The molecule has 2 rings (SSSR count). The van der Waals surface area contributed by atoms with E-state index in [4.69, 9.17) is 5.73 Å². The molecule has 0 atom stereocenters. The van der Waals surface area contributed by atoms with Crippen LogP contribution in [0.25, 0.3) is 0 Å². The highest BCUT2D eigenvalue weighted by molar-refractivity contribution is 4.94. The first-order valence-electron chi connectivity index (χ1n) is 7.68. The highest BCUT2D eigenvalue weighted by Gasteiger charge is 2.36. The Morgan fingerprint density at radius 2 is 1.71 bits per heavy atom. The van der Waals surface area contributed by atoms with Crippen LogP contribution in [0.2, 0.25) is 0 Å². The Morgan fingerprint density at radius 3 is 2.29 bits per heavy atom. The molecule has 2 heteroatoms. The molecule has 0 aromatic carbocycles. The zero-order valence-corrected chi connectivity index (χ0v) is 11.6. The summed E-state index contributed by atoms with van der Waals surface area (Å²) in [5.74, 6) is 1.00. The third-order valence-corrected chi connectivity index (χ3v) is 5.32. The first-order chi connectivity index (χ1) is 8.27. The van der Waals surface area contributed by atoms with Crippen molar-refractivity contribution in [3.05, 3.63) is 0 Å². The van der Waals surface area contributed by atoms with Gasteiger partial charge in [0.15, 0.2) is 0 Å². The highest BCUT2D eigenvalue weighted by Crippen LogP contribution is 2.34. The largest absolute Gasteiger partial charge is 0.329 e. The van der Waals surface area contributed by atoms with Crippen molar-refractivity contribution < 1.29 is 0 Å². The van der Waals surface area contributed by atoms with E-state index in [1.807, 2.05) is 0 Å². The smallest absolute Gasteiger partial charge is 0.0328 e. The van der Waals surface area contributed by atoms with Gasteiger partial charge < -0.3 is 5.73 Å². The van der Waals surface area contributed by atoms with Crippen LogP contribution < -0.4 is 5.73 Å². The molecular weight excluding hydrogens is 208 g/mol. The third-order valence-electron chi connectivity index (χ3n) is 5.32. The van der Waals surface area contributed by atoms with E-state index in [2.05, 4.69) is 11.9 Å². The van der Waals surface area contributed by atoms with Gasteiger partial charge in [-0.05, 0) is 38.8 Å². The molecule has 2 aliphatic rings. The average molecular weight is 238 g/mol. The summed E-state index contributed by atoms with van der Waals surface area (Å²) in [7, 11) is 2.31. The Kier molecular flexibility index (Phi) is 4.87. The quantitative estimate of drug-likeness (QED) is 0.797. The van der Waals surface area contributed by atoms with Crippen LogP contribution >= 0.6 is 0 Å². The van der Waals surface area contributed by atoms with Crippen LogP contribution in [0.5, 0.6) is 0 Å². The summed E-state index contributed by atoms with van der Waals surface area (Å²) < 4.78 is 0. The van der Waals surface area contributed by atoms with E-state index >= 15 is 0 Å². The van der Waals surface area contributed by atoms with Gasteiger partial charge in [0.25, 0.3) is 0 Å². The van der Waals surface area contributed by atoms with Gasteiger partial charge in [-0.1, -0.05) is 44.9 Å². The Bertz CT molecular complexity index is 215. The van der Waals surface area contributed by atoms with E-state index < -0.39 is 0 Å². The number of likely N-dealkylation sites (N-methyl/N-ethyl adjacent to an activating group) is 1. The monoisotopic (exact) mass is 238 g/mol. The van der Waals surface area contributed by atoms with Gasteiger partial charge >= 0.3 is 0 Å². The fourth-order valence-corrected chi connectivity index (χ4v) is 3.86. The fraction of sp³-hybridized carbons (Fsp3) is 1.00. The van der Waals surface area contributed by atoms with Gasteiger partial charge in [-0.2, -0.15) is 0 Å². The number of nitrogens with two attached hydrogens (primary N) is 1. The number of nitrogens with zero attached hydrogens (tertiary/aromatic N) is 1. The summed E-state index contributed by atoms with van der Waals surface area (Å²) in [6.45, 7) is 2.12. The van der Waals surface area contributed by atoms with Crippen molar-refractivity contribution in [3.63, 3.8) is 0 Å². The molecule has 0 amide bonds. The minimum atomic E-state index is 0.356. The Morgan fingerprint density at radius 1 is 1.06 bits per heavy atom. The maximum absolute atomic E-state index is 6.04. The van der Waals surface area contributed by atoms with Crippen molar-refractivity contribution >= 4 is 0 Å². The second-order valence-electron chi connectivity index (χ2n) is 6.35. The van der Waals surface area contributed by atoms with Crippen molar-refractivity contribution in [2.24, 2.45) is 11.7 Å². The topological polar surface area (TPSA) is 29.3 Å². The molecule has 0 radical (unpaired) electrons. The molecule has 2 fully saturated rings. The van der Waals surface area contributed by atoms with Gasteiger partial charge in [0.1, 0.15) is 0 Å². The predicted molar refractivity (Wildman–Crippen MR) is 74.1 cm³/mol. The van der Waals surface area contributed by atoms with Crippen LogP contribution in [-0.2, 0) is 0 Å². The minimum absolute atomic E-state index is 0.356. The molecule has 17 heavy (non-hydrogen) atoms. The normalized spacial score (nSPS) is 25.6. The van der Waals surface area contributed by atoms with E-state index in [1.54, 1.807) is 0 Å². The van der Waals surface area contributed by atoms with E-state index in [0.717, 1.165) is 12.5 Å². The predicted octanol–water partition coefficient (Wildman–Crippen LogP) is 3.16. The molecular formula is C15H30N2. The van der Waals surface area contributed by atoms with E-state index in [9.17, 15) is 0 Å². The van der Waals surface area contributed by atoms with Crippen LogP contribution in [-0.4, -0.2) is 30.6 Å². The lowest BCUT2D eigenvalue weighted by atomic mass is 9.86. The summed E-state index contributed by atoms with van der Waals surface area (Å²) in [5, 5.41) is 0. The van der Waals surface area contributed by atoms with Gasteiger partial charge in [0, 0.05) is 12.1 Å². The SMILES string of the molecule is CN(CCC1CCCCC1)C1(CN)CCCC1. The van der Waals surface area contributed by atoms with E-state index in [0.29, 0.717) is 5.54 Å². The fourth-order valence-electron chi connectivity index (χ4n) is 3.86. The molecule has 2 saturated carbocycles. The summed E-state index contributed by atoms with van der Waals surface area (Å²) in [6.07, 6.45) is 14.2. The Hall–Kier alpha value is -0.0800. The Labute approximate surface area is 107 Å². The van der Waals surface area contributed by atoms with Gasteiger partial charge in [0.2, 0.25) is 0 Å². The summed E-state index contributed by atoms with van der Waals surface area (Å²) in [4.78, 5) is 2.59. The number of hydrogen-bond donors (Lipinski definition) is 1. The van der Waals surface area contributed by atoms with Crippen molar-refractivity contribution in [3.8, 4) is 0 Å². The summed E-state index contributed by atoms with van der Waals surface area (Å²) >= 11 is 0. The lowest BCUT2D eigenvalue weighted by Gasteiger charge is -2.39. The lowest BCUT2D eigenvalue weighted by molar-refractivity contribution is 0.119. The van der Waals surface area contributed by atoms with Crippen LogP contribution in [0.15, 0.2) is 0 Å². The molecule has 0 aromatic rings. The number of rotatable bonds is 5. The summed E-state index contributed by atoms with van der Waals surface area (Å²) in [6, 6.07) is 0. The van der Waals surface area contributed by atoms with Crippen LogP contribution in [0.4, 0.5) is 0 Å². The molecule has 100 valence electrons. The van der Waals surface area contributed by atoms with Crippen molar-refractivity contribution in [1.82, 2.24) is 4.90 Å². The zero-order valence-electron chi connectivity index (χ0n) is 11.6. The highest BCUT2D eigenvalue weighted by atomic mass is 15.2. The lowest BCUT2D eigenvalue weighted by Crippen LogP contribution is -2.50. The second kappa shape index (κ2) is 6.19. The number of hydrogen-bond acceptors (Lipinski definition) is 2. The van der Waals surface area contributed by atoms with Gasteiger partial charge in [-0.15, -0.1) is 0 Å². The molecule has 0 unspecified atom stereocenters. The maximum atomic E-state index is 6.04. The van der Waals surface area contributed by atoms with Gasteiger partial charge in [0.05, 0.1) is 0 Å². The maximum Gasteiger partial charge on any atom is 0.0328 e. The second-order valence-corrected chi connectivity index (χ2v) is 6.35. The molecule has 0 saturated heterocycles. The first-order valence-corrected chi connectivity index (χ1v) is 7.68. The van der Waals surface area contributed by atoms with Gasteiger partial charge in [-0.25, -0.2) is 0 Å². The molecule has 0 aromatic heterocycles. The van der Waals surface area contributed by atoms with E-state index in [-0.39, 0.29) is 0 Å². The van der Waals surface area contributed by atoms with Gasteiger partial charge in [-0.3, -0.25) is 4.90 Å². The first kappa shape index (κ1) is 13.4. The van der Waals surface area contributed by atoms with Crippen LogP contribution in [0.1, 0.15) is 64.2 Å². The van der Waals surface area contributed by atoms with Crippen LogP contribution in [0.3, 0.4) is 0 Å². The molecule has 2 nitrogen and oxygen atoms in total. The molecule has 0 bridgehead atoms. The molecule has 0 spiro atoms. The van der Waals surface area contributed by atoms with E-state index in [1.165, 1.54) is 70.8 Å². The van der Waals surface area contributed by atoms with Crippen molar-refractivity contribution in [2.75, 3.05) is 20.1 Å². The van der Waals surface area contributed by atoms with Crippen molar-refractivity contribution in [2.45, 2.75) is 69.7 Å². The third kappa shape index (κ3) is 3.23. The average Bonchev–Trinajstić information content (AvgIpc) is 2.87. The zero-order chi connectivity index (χ0) is 12.1.